The van der Waals surface area contributed by atoms with E-state index >= 15 is 0 Å². The molecule has 13 heavy (non-hydrogen) atoms. The molecule has 1 aromatic rings. The van der Waals surface area contributed by atoms with Crippen molar-refractivity contribution in [2.24, 2.45) is 0 Å². The number of sulfonamides is 1. The smallest absolute Gasteiger partial charge is 0.233 e. The third-order valence-electron chi connectivity index (χ3n) is 1.39. The molecule has 0 radical (unpaired) electrons. The molecule has 0 saturated carbocycles. The Hall–Kier alpha value is -0.810. The van der Waals surface area contributed by atoms with Crippen molar-refractivity contribution in [1.29, 1.82) is 0 Å². The van der Waals surface area contributed by atoms with Gasteiger partial charge < -0.3 is 0 Å². The van der Waals surface area contributed by atoms with E-state index in [0.717, 1.165) is 0 Å². The van der Waals surface area contributed by atoms with E-state index in [1.807, 2.05) is 0 Å². The van der Waals surface area contributed by atoms with Gasteiger partial charge in [-0.05, 0) is 19.1 Å². The number of nitrogens with zero attached hydrogens (tertiary/aromatic N) is 1. The standard InChI is InChI=1S/C7H9ClN2O2S/c1-2-13(11,12)10-7-6(8)4-3-5-9-7/h3-5H,2H2,1H3,(H,9,10). The summed E-state index contributed by atoms with van der Waals surface area (Å²) in [6.45, 7) is 1.54. The van der Waals surface area contributed by atoms with Gasteiger partial charge in [-0.3, -0.25) is 4.72 Å². The van der Waals surface area contributed by atoms with Crippen LogP contribution in [0.5, 0.6) is 0 Å². The fourth-order valence-electron chi connectivity index (χ4n) is 0.680. The molecular formula is C7H9ClN2O2S. The molecule has 0 spiro atoms. The molecule has 0 atom stereocenters. The maximum atomic E-state index is 11.1. The monoisotopic (exact) mass is 220 g/mol. The summed E-state index contributed by atoms with van der Waals surface area (Å²) in [5, 5.41) is 0.291. The molecule has 0 unspecified atom stereocenters. The first-order chi connectivity index (χ1) is 6.05. The number of nitrogens with one attached hydrogen (secondary N) is 1. The van der Waals surface area contributed by atoms with Crippen LogP contribution in [0.1, 0.15) is 6.92 Å². The molecule has 0 aliphatic heterocycles. The van der Waals surface area contributed by atoms with E-state index in [0.29, 0.717) is 5.02 Å². The van der Waals surface area contributed by atoms with Crippen LogP contribution in [0.3, 0.4) is 0 Å². The summed E-state index contributed by atoms with van der Waals surface area (Å²) in [5.41, 5.74) is 0. The highest BCUT2D eigenvalue weighted by Crippen LogP contribution is 2.18. The van der Waals surface area contributed by atoms with Gasteiger partial charge in [0.05, 0.1) is 10.8 Å². The molecule has 1 N–H and O–H groups in total. The molecule has 0 aromatic carbocycles. The lowest BCUT2D eigenvalue weighted by Crippen LogP contribution is -2.15. The molecule has 0 bridgehead atoms. The molecule has 4 nitrogen and oxygen atoms in total. The fraction of sp³-hybridized carbons (Fsp3) is 0.286. The maximum Gasteiger partial charge on any atom is 0.233 e. The van der Waals surface area contributed by atoms with Gasteiger partial charge in [-0.1, -0.05) is 11.6 Å². The lowest BCUT2D eigenvalue weighted by atomic mass is 10.5. The van der Waals surface area contributed by atoms with Crippen LogP contribution in [0.4, 0.5) is 5.82 Å². The first kappa shape index (κ1) is 10.3. The van der Waals surface area contributed by atoms with Gasteiger partial charge >= 0.3 is 0 Å². The number of anilines is 1. The highest BCUT2D eigenvalue weighted by Gasteiger charge is 2.09. The number of hydrogen-bond donors (Lipinski definition) is 1. The first-order valence-corrected chi connectivity index (χ1v) is 5.69. The Morgan fingerprint density at radius 3 is 2.85 bits per heavy atom. The van der Waals surface area contributed by atoms with Crippen LogP contribution in [-0.4, -0.2) is 19.2 Å². The second-order valence-corrected chi connectivity index (χ2v) is 4.76. The van der Waals surface area contributed by atoms with Gasteiger partial charge in [-0.2, -0.15) is 0 Å². The Kier molecular flexibility index (Phi) is 3.11. The highest BCUT2D eigenvalue weighted by atomic mass is 35.5. The molecule has 1 aromatic heterocycles. The topological polar surface area (TPSA) is 59.1 Å². The van der Waals surface area contributed by atoms with Gasteiger partial charge in [0, 0.05) is 6.20 Å². The molecule has 72 valence electrons. The zero-order valence-electron chi connectivity index (χ0n) is 6.99. The van der Waals surface area contributed by atoms with Gasteiger partial charge in [0.2, 0.25) is 10.0 Å². The Morgan fingerprint density at radius 1 is 1.62 bits per heavy atom. The zero-order valence-corrected chi connectivity index (χ0v) is 8.56. The second kappa shape index (κ2) is 3.93. The number of pyridine rings is 1. The number of rotatable bonds is 3. The summed E-state index contributed by atoms with van der Waals surface area (Å²) in [7, 11) is -3.29. The van der Waals surface area contributed by atoms with E-state index in [9.17, 15) is 8.42 Å². The average Bonchev–Trinajstić information content (AvgIpc) is 2.09. The molecule has 0 amide bonds. The average molecular weight is 221 g/mol. The molecule has 0 aliphatic carbocycles. The Balaban J connectivity index is 2.93. The van der Waals surface area contributed by atoms with Crippen LogP contribution in [0.25, 0.3) is 0 Å². The summed E-state index contributed by atoms with van der Waals surface area (Å²) in [6.07, 6.45) is 1.47. The van der Waals surface area contributed by atoms with Crippen LogP contribution >= 0.6 is 11.6 Å². The second-order valence-electron chi connectivity index (χ2n) is 2.34. The van der Waals surface area contributed by atoms with Crippen molar-refractivity contribution in [2.75, 3.05) is 10.5 Å². The summed E-state index contributed by atoms with van der Waals surface area (Å²) in [5.74, 6) is 0.172. The van der Waals surface area contributed by atoms with Crippen LogP contribution in [0.2, 0.25) is 5.02 Å². The SMILES string of the molecule is CCS(=O)(=O)Nc1ncccc1Cl. The summed E-state index contributed by atoms with van der Waals surface area (Å²) >= 11 is 5.70. The van der Waals surface area contributed by atoms with E-state index in [1.165, 1.54) is 6.20 Å². The molecule has 1 rings (SSSR count). The lowest BCUT2D eigenvalue weighted by Gasteiger charge is -2.05. The van der Waals surface area contributed by atoms with Crippen molar-refractivity contribution in [3.63, 3.8) is 0 Å². The van der Waals surface area contributed by atoms with Gasteiger partial charge in [-0.15, -0.1) is 0 Å². The van der Waals surface area contributed by atoms with Crippen molar-refractivity contribution in [3.05, 3.63) is 23.4 Å². The normalized spacial score (nSPS) is 11.2. The van der Waals surface area contributed by atoms with E-state index in [2.05, 4.69) is 9.71 Å². The van der Waals surface area contributed by atoms with Crippen molar-refractivity contribution in [3.8, 4) is 0 Å². The van der Waals surface area contributed by atoms with Crippen LogP contribution in [0, 0.1) is 0 Å². The minimum absolute atomic E-state index is 0.0000961. The molecule has 1 heterocycles. The fourth-order valence-corrected chi connectivity index (χ4v) is 1.51. The molecule has 0 saturated heterocycles. The quantitative estimate of drug-likeness (QED) is 0.840. The minimum atomic E-state index is -3.29. The predicted molar refractivity (Wildman–Crippen MR) is 52.3 cm³/mol. The van der Waals surface area contributed by atoms with Crippen molar-refractivity contribution < 1.29 is 8.42 Å². The van der Waals surface area contributed by atoms with Gasteiger partial charge in [0.1, 0.15) is 0 Å². The number of halogens is 1. The van der Waals surface area contributed by atoms with E-state index in [4.69, 9.17) is 11.6 Å². The zero-order chi connectivity index (χ0) is 9.90. The largest absolute Gasteiger partial charge is 0.266 e. The van der Waals surface area contributed by atoms with E-state index in [1.54, 1.807) is 19.1 Å². The number of hydrogen-bond acceptors (Lipinski definition) is 3. The first-order valence-electron chi connectivity index (χ1n) is 3.66. The van der Waals surface area contributed by atoms with Crippen molar-refractivity contribution >= 4 is 27.4 Å². The van der Waals surface area contributed by atoms with Crippen LogP contribution in [-0.2, 0) is 10.0 Å². The number of aromatic nitrogens is 1. The lowest BCUT2D eigenvalue weighted by molar-refractivity contribution is 0.602. The third kappa shape index (κ3) is 2.86. The molecule has 0 fully saturated rings. The minimum Gasteiger partial charge on any atom is -0.266 e. The van der Waals surface area contributed by atoms with Crippen molar-refractivity contribution in [2.45, 2.75) is 6.92 Å². The molecule has 0 aliphatic rings. The summed E-state index contributed by atoms with van der Waals surface area (Å²) in [4.78, 5) is 3.79. The summed E-state index contributed by atoms with van der Waals surface area (Å²) in [6, 6.07) is 3.20. The Bertz CT molecular complexity index is 391. The van der Waals surface area contributed by atoms with Crippen molar-refractivity contribution in [1.82, 2.24) is 4.98 Å². The summed E-state index contributed by atoms with van der Waals surface area (Å²) < 4.78 is 24.5. The highest BCUT2D eigenvalue weighted by molar-refractivity contribution is 7.92. The van der Waals surface area contributed by atoms with Crippen LogP contribution in [0.15, 0.2) is 18.3 Å². The molecular weight excluding hydrogens is 212 g/mol. The van der Waals surface area contributed by atoms with E-state index < -0.39 is 10.0 Å². The van der Waals surface area contributed by atoms with Gasteiger partial charge in [-0.25, -0.2) is 13.4 Å². The van der Waals surface area contributed by atoms with Crippen LogP contribution < -0.4 is 4.72 Å². The van der Waals surface area contributed by atoms with Gasteiger partial charge in [0.25, 0.3) is 0 Å². The third-order valence-corrected chi connectivity index (χ3v) is 2.96. The van der Waals surface area contributed by atoms with E-state index in [-0.39, 0.29) is 11.6 Å². The predicted octanol–water partition coefficient (Wildman–Crippen LogP) is 1.50. The maximum absolute atomic E-state index is 11.1. The molecule has 6 heteroatoms. The Labute approximate surface area is 82.0 Å². The van der Waals surface area contributed by atoms with Gasteiger partial charge in [0.15, 0.2) is 5.82 Å². The Morgan fingerprint density at radius 2 is 2.31 bits per heavy atom.